The molecule has 0 atom stereocenters. The Morgan fingerprint density at radius 2 is 2.11 bits per heavy atom. The van der Waals surface area contributed by atoms with E-state index >= 15 is 0 Å². The first-order chi connectivity index (χ1) is 8.54. The van der Waals surface area contributed by atoms with Crippen molar-refractivity contribution in [1.29, 1.82) is 0 Å². The fourth-order valence-electron chi connectivity index (χ4n) is 2.66. The van der Waals surface area contributed by atoms with E-state index in [2.05, 4.69) is 15.9 Å². The third-order valence-electron chi connectivity index (χ3n) is 3.60. The molecule has 1 aromatic carbocycles. The number of aliphatic hydroxyl groups is 1. The highest BCUT2D eigenvalue weighted by atomic mass is 79.9. The van der Waals surface area contributed by atoms with Crippen molar-refractivity contribution >= 4 is 27.9 Å². The van der Waals surface area contributed by atoms with Crippen molar-refractivity contribution in [3.05, 3.63) is 28.2 Å². The maximum atomic E-state index is 11.1. The van der Waals surface area contributed by atoms with Gasteiger partial charge >= 0.3 is 0 Å². The van der Waals surface area contributed by atoms with E-state index in [0.717, 1.165) is 42.1 Å². The summed E-state index contributed by atoms with van der Waals surface area (Å²) in [5, 5.41) is 10.4. The highest BCUT2D eigenvalue weighted by molar-refractivity contribution is 9.10. The molecule has 0 heterocycles. The first kappa shape index (κ1) is 13.6. The molecule has 18 heavy (non-hydrogen) atoms. The van der Waals surface area contributed by atoms with Gasteiger partial charge in [-0.25, -0.2) is 0 Å². The molecule has 0 unspecified atom stereocenters. The number of carbonyl (C=O) groups is 1. The summed E-state index contributed by atoms with van der Waals surface area (Å²) < 4.78 is 0.938. The van der Waals surface area contributed by atoms with Crippen LogP contribution in [0.15, 0.2) is 22.7 Å². The minimum Gasteiger partial charge on any atom is -0.388 e. The molecule has 0 aliphatic heterocycles. The van der Waals surface area contributed by atoms with Gasteiger partial charge in [-0.15, -0.1) is 0 Å². The van der Waals surface area contributed by atoms with Crippen LogP contribution in [-0.2, 0) is 0 Å². The molecule has 98 valence electrons. The van der Waals surface area contributed by atoms with Crippen LogP contribution in [0.25, 0.3) is 0 Å². The zero-order chi connectivity index (χ0) is 13.2. The first-order valence-electron chi connectivity index (χ1n) is 6.22. The molecule has 1 fully saturated rings. The number of nitrogens with zero attached hydrogens (tertiary/aromatic N) is 1. The number of benzene rings is 1. The van der Waals surface area contributed by atoms with Crippen molar-refractivity contribution in [1.82, 2.24) is 0 Å². The second kappa shape index (κ2) is 5.41. The highest BCUT2D eigenvalue weighted by Crippen LogP contribution is 2.32. The Balaban J connectivity index is 2.19. The van der Waals surface area contributed by atoms with Crippen LogP contribution in [0.4, 0.5) is 5.69 Å². The van der Waals surface area contributed by atoms with Crippen molar-refractivity contribution in [3.8, 4) is 0 Å². The number of carbonyl (C=O) groups excluding carboxylic acids is 1. The minimum absolute atomic E-state index is 0.574. The van der Waals surface area contributed by atoms with Crippen LogP contribution in [0.3, 0.4) is 0 Å². The fourth-order valence-corrected chi connectivity index (χ4v) is 3.01. The summed E-state index contributed by atoms with van der Waals surface area (Å²) in [5.41, 5.74) is 0.916. The van der Waals surface area contributed by atoms with Crippen LogP contribution in [-0.4, -0.2) is 30.6 Å². The lowest BCUT2D eigenvalue weighted by atomic mass is 10.0. The van der Waals surface area contributed by atoms with Crippen molar-refractivity contribution in [2.24, 2.45) is 0 Å². The van der Waals surface area contributed by atoms with E-state index in [4.69, 9.17) is 0 Å². The summed E-state index contributed by atoms with van der Waals surface area (Å²) in [6.45, 7) is 0.574. The van der Waals surface area contributed by atoms with Gasteiger partial charge in [0.15, 0.2) is 6.29 Å². The molecule has 0 amide bonds. The van der Waals surface area contributed by atoms with E-state index in [1.54, 1.807) is 6.07 Å². The molecule has 4 heteroatoms. The molecule has 0 bridgehead atoms. The summed E-state index contributed by atoms with van der Waals surface area (Å²) in [4.78, 5) is 13.0. The molecule has 3 nitrogen and oxygen atoms in total. The maximum absolute atomic E-state index is 11.1. The molecule has 0 aromatic heterocycles. The molecular weight excluding hydrogens is 294 g/mol. The zero-order valence-electron chi connectivity index (χ0n) is 10.5. The number of aldehydes is 1. The number of halogens is 1. The van der Waals surface area contributed by atoms with Crippen molar-refractivity contribution in [2.45, 2.75) is 31.3 Å². The van der Waals surface area contributed by atoms with Crippen molar-refractivity contribution in [2.75, 3.05) is 18.5 Å². The number of hydrogen-bond acceptors (Lipinski definition) is 3. The molecule has 2 rings (SSSR count). The molecular formula is C14H18BrNO2. The van der Waals surface area contributed by atoms with E-state index in [9.17, 15) is 9.90 Å². The number of anilines is 1. The monoisotopic (exact) mass is 311 g/mol. The van der Waals surface area contributed by atoms with Crippen molar-refractivity contribution in [3.63, 3.8) is 0 Å². The molecule has 1 aromatic rings. The van der Waals surface area contributed by atoms with Gasteiger partial charge in [0.25, 0.3) is 0 Å². The van der Waals surface area contributed by atoms with Crippen molar-refractivity contribution < 1.29 is 9.90 Å². The van der Waals surface area contributed by atoms with Crippen LogP contribution >= 0.6 is 15.9 Å². The summed E-state index contributed by atoms with van der Waals surface area (Å²) in [6.07, 6.45) is 4.73. The molecule has 0 saturated heterocycles. The van der Waals surface area contributed by atoms with Gasteiger partial charge in [0.2, 0.25) is 0 Å². The number of likely N-dealkylation sites (N-methyl/N-ethyl adjacent to an activating group) is 1. The van der Waals surface area contributed by atoms with Gasteiger partial charge in [0.1, 0.15) is 0 Å². The van der Waals surface area contributed by atoms with Crippen LogP contribution in [0.1, 0.15) is 36.0 Å². The smallest absolute Gasteiger partial charge is 0.152 e. The van der Waals surface area contributed by atoms with E-state index in [1.807, 2.05) is 24.1 Å². The van der Waals surface area contributed by atoms with Crippen LogP contribution < -0.4 is 4.90 Å². The van der Waals surface area contributed by atoms with Gasteiger partial charge in [0, 0.05) is 29.3 Å². The predicted molar refractivity (Wildman–Crippen MR) is 76.2 cm³/mol. The zero-order valence-corrected chi connectivity index (χ0v) is 12.1. The molecule has 1 aliphatic carbocycles. The Kier molecular flexibility index (Phi) is 4.07. The van der Waals surface area contributed by atoms with Gasteiger partial charge in [-0.3, -0.25) is 4.79 Å². The van der Waals surface area contributed by atoms with E-state index in [1.165, 1.54) is 0 Å². The van der Waals surface area contributed by atoms with E-state index in [0.29, 0.717) is 12.1 Å². The Morgan fingerprint density at radius 1 is 1.44 bits per heavy atom. The summed E-state index contributed by atoms with van der Waals surface area (Å²) >= 11 is 3.41. The van der Waals surface area contributed by atoms with Gasteiger partial charge in [-0.1, -0.05) is 28.8 Å². The topological polar surface area (TPSA) is 40.5 Å². The van der Waals surface area contributed by atoms with Crippen LogP contribution in [0.5, 0.6) is 0 Å². The van der Waals surface area contributed by atoms with Crippen LogP contribution in [0.2, 0.25) is 0 Å². The lowest BCUT2D eigenvalue weighted by Gasteiger charge is -2.30. The summed E-state index contributed by atoms with van der Waals surface area (Å²) in [5.74, 6) is 0. The molecule has 0 radical (unpaired) electrons. The molecule has 1 aliphatic rings. The largest absolute Gasteiger partial charge is 0.388 e. The average Bonchev–Trinajstić information content (AvgIpc) is 2.75. The van der Waals surface area contributed by atoms with Gasteiger partial charge in [-0.05, 0) is 31.0 Å². The van der Waals surface area contributed by atoms with Gasteiger partial charge in [0.05, 0.1) is 5.60 Å². The molecule has 1 saturated carbocycles. The minimum atomic E-state index is -0.600. The van der Waals surface area contributed by atoms with Gasteiger partial charge in [-0.2, -0.15) is 0 Å². The Hall–Kier alpha value is -0.870. The van der Waals surface area contributed by atoms with E-state index < -0.39 is 5.60 Å². The summed E-state index contributed by atoms with van der Waals surface area (Å²) in [7, 11) is 1.92. The lowest BCUT2D eigenvalue weighted by Crippen LogP contribution is -2.39. The SMILES string of the molecule is CN(CC1(O)CCCC1)c1cc(Br)ccc1C=O. The fraction of sp³-hybridized carbons (Fsp3) is 0.500. The number of rotatable bonds is 4. The predicted octanol–water partition coefficient (Wildman–Crippen LogP) is 3.00. The first-order valence-corrected chi connectivity index (χ1v) is 7.02. The number of hydrogen-bond donors (Lipinski definition) is 1. The van der Waals surface area contributed by atoms with Gasteiger partial charge < -0.3 is 10.0 Å². The standard InChI is InChI=1S/C14H18BrNO2/c1-16(10-14(18)6-2-3-7-14)13-8-12(15)5-4-11(13)9-17/h4-5,8-9,18H,2-3,6-7,10H2,1H3. The average molecular weight is 312 g/mol. The Labute approximate surface area is 116 Å². The van der Waals surface area contributed by atoms with E-state index in [-0.39, 0.29) is 0 Å². The quantitative estimate of drug-likeness (QED) is 0.869. The lowest BCUT2D eigenvalue weighted by molar-refractivity contribution is 0.0559. The second-order valence-electron chi connectivity index (χ2n) is 5.11. The maximum Gasteiger partial charge on any atom is 0.152 e. The third-order valence-corrected chi connectivity index (χ3v) is 4.09. The van der Waals surface area contributed by atoms with Crippen LogP contribution in [0, 0.1) is 0 Å². The second-order valence-corrected chi connectivity index (χ2v) is 6.02. The summed E-state index contributed by atoms with van der Waals surface area (Å²) in [6, 6.07) is 5.56. The Bertz CT molecular complexity index is 441. The molecule has 1 N–H and O–H groups in total. The molecule has 0 spiro atoms. The highest BCUT2D eigenvalue weighted by Gasteiger charge is 2.32. The third kappa shape index (κ3) is 2.93. The normalized spacial score (nSPS) is 17.7. The Morgan fingerprint density at radius 3 is 2.72 bits per heavy atom.